The van der Waals surface area contributed by atoms with Crippen molar-refractivity contribution >= 4 is 0 Å². The molecule has 0 aromatic carbocycles. The van der Waals surface area contributed by atoms with Crippen LogP contribution in [0.3, 0.4) is 0 Å². The summed E-state index contributed by atoms with van der Waals surface area (Å²) in [4.78, 5) is 0. The molecule has 0 amide bonds. The van der Waals surface area contributed by atoms with E-state index in [2.05, 4.69) is 39.9 Å². The molecular weight excluding hydrogens is 210 g/mol. The van der Waals surface area contributed by atoms with Crippen molar-refractivity contribution in [3.8, 4) is 0 Å². The fourth-order valence-corrected chi connectivity index (χ4v) is 2.68. The van der Waals surface area contributed by atoms with Crippen molar-refractivity contribution in [3.63, 3.8) is 0 Å². The minimum absolute atomic E-state index is 0.387. The van der Waals surface area contributed by atoms with Crippen molar-refractivity contribution in [1.82, 2.24) is 5.32 Å². The molecule has 0 bridgehead atoms. The van der Waals surface area contributed by atoms with Crippen LogP contribution in [0.15, 0.2) is 0 Å². The molecule has 17 heavy (non-hydrogen) atoms. The fourth-order valence-electron chi connectivity index (χ4n) is 2.68. The second-order valence-corrected chi connectivity index (χ2v) is 6.55. The predicted octanol–water partition coefficient (Wildman–Crippen LogP) is 3.61. The van der Waals surface area contributed by atoms with E-state index in [4.69, 9.17) is 4.74 Å². The van der Waals surface area contributed by atoms with Gasteiger partial charge >= 0.3 is 0 Å². The molecule has 0 aromatic heterocycles. The van der Waals surface area contributed by atoms with Crippen LogP contribution < -0.4 is 5.32 Å². The summed E-state index contributed by atoms with van der Waals surface area (Å²) in [6.45, 7) is 13.5. The molecule has 0 heterocycles. The van der Waals surface area contributed by atoms with E-state index in [0.29, 0.717) is 17.6 Å². The van der Waals surface area contributed by atoms with Crippen LogP contribution in [-0.2, 0) is 4.74 Å². The maximum atomic E-state index is 6.10. The monoisotopic (exact) mass is 241 g/mol. The second-order valence-electron chi connectivity index (χ2n) is 6.55. The van der Waals surface area contributed by atoms with Crippen molar-refractivity contribution in [2.75, 3.05) is 13.2 Å². The van der Waals surface area contributed by atoms with E-state index in [1.54, 1.807) is 0 Å². The van der Waals surface area contributed by atoms with E-state index < -0.39 is 0 Å². The van der Waals surface area contributed by atoms with Gasteiger partial charge in [0.15, 0.2) is 0 Å². The Kier molecular flexibility index (Phi) is 5.94. The van der Waals surface area contributed by atoms with E-state index in [1.807, 2.05) is 0 Å². The van der Waals surface area contributed by atoms with Crippen LogP contribution in [0.4, 0.5) is 0 Å². The predicted molar refractivity (Wildman–Crippen MR) is 74.3 cm³/mol. The molecule has 0 radical (unpaired) electrons. The standard InChI is InChI=1S/C15H31NO/c1-6-10-16-14-13(7-9-15(14,4)5)17-11-8-12(2)3/h12-14,16H,6-11H2,1-5H3. The highest BCUT2D eigenvalue weighted by Crippen LogP contribution is 2.39. The molecule has 1 saturated carbocycles. The molecule has 0 aliphatic heterocycles. The summed E-state index contributed by atoms with van der Waals surface area (Å²) in [5, 5.41) is 3.68. The Morgan fingerprint density at radius 3 is 2.65 bits per heavy atom. The lowest BCUT2D eigenvalue weighted by atomic mass is 9.87. The van der Waals surface area contributed by atoms with Gasteiger partial charge in [-0.3, -0.25) is 0 Å². The minimum Gasteiger partial charge on any atom is -0.377 e. The SMILES string of the molecule is CCCNC1C(OCCC(C)C)CCC1(C)C. The van der Waals surface area contributed by atoms with Crippen molar-refractivity contribution in [2.24, 2.45) is 11.3 Å². The first-order valence-corrected chi connectivity index (χ1v) is 7.32. The highest BCUT2D eigenvalue weighted by molar-refractivity contribution is 4.97. The Hall–Kier alpha value is -0.0800. The van der Waals surface area contributed by atoms with Gasteiger partial charge in [-0.25, -0.2) is 0 Å². The molecule has 1 aliphatic rings. The molecule has 2 unspecified atom stereocenters. The van der Waals surface area contributed by atoms with Gasteiger partial charge in [0.25, 0.3) is 0 Å². The summed E-state index contributed by atoms with van der Waals surface area (Å²) in [7, 11) is 0. The maximum Gasteiger partial charge on any atom is 0.0733 e. The fraction of sp³-hybridized carbons (Fsp3) is 1.00. The topological polar surface area (TPSA) is 21.3 Å². The first-order valence-electron chi connectivity index (χ1n) is 7.32. The molecule has 0 saturated heterocycles. The Labute approximate surface area is 108 Å². The molecular formula is C15H31NO. The Morgan fingerprint density at radius 1 is 1.35 bits per heavy atom. The third kappa shape index (κ3) is 4.59. The Morgan fingerprint density at radius 2 is 2.06 bits per heavy atom. The molecule has 2 atom stereocenters. The molecule has 0 spiro atoms. The smallest absolute Gasteiger partial charge is 0.0733 e. The molecule has 2 nitrogen and oxygen atoms in total. The van der Waals surface area contributed by atoms with Gasteiger partial charge in [0.1, 0.15) is 0 Å². The maximum absolute atomic E-state index is 6.10. The average molecular weight is 241 g/mol. The van der Waals surface area contributed by atoms with Crippen molar-refractivity contribution in [3.05, 3.63) is 0 Å². The molecule has 1 fully saturated rings. The molecule has 1 aliphatic carbocycles. The first kappa shape index (κ1) is 15.0. The average Bonchev–Trinajstić information content (AvgIpc) is 2.51. The van der Waals surface area contributed by atoms with Gasteiger partial charge in [-0.15, -0.1) is 0 Å². The van der Waals surface area contributed by atoms with E-state index in [1.165, 1.54) is 25.7 Å². The first-order chi connectivity index (χ1) is 7.97. The summed E-state index contributed by atoms with van der Waals surface area (Å²) in [5.74, 6) is 0.742. The van der Waals surface area contributed by atoms with Crippen LogP contribution in [0, 0.1) is 11.3 Å². The van der Waals surface area contributed by atoms with E-state index >= 15 is 0 Å². The highest BCUT2D eigenvalue weighted by Gasteiger charge is 2.41. The zero-order chi connectivity index (χ0) is 12.9. The number of nitrogens with one attached hydrogen (secondary N) is 1. The van der Waals surface area contributed by atoms with Gasteiger partial charge in [0.2, 0.25) is 0 Å². The highest BCUT2D eigenvalue weighted by atomic mass is 16.5. The number of hydrogen-bond acceptors (Lipinski definition) is 2. The van der Waals surface area contributed by atoms with Crippen molar-refractivity contribution < 1.29 is 4.74 Å². The van der Waals surface area contributed by atoms with Crippen LogP contribution in [0.2, 0.25) is 0 Å². The van der Waals surface area contributed by atoms with Gasteiger partial charge in [-0.05, 0) is 43.6 Å². The van der Waals surface area contributed by atoms with Crippen LogP contribution in [0.5, 0.6) is 0 Å². The molecule has 102 valence electrons. The van der Waals surface area contributed by atoms with E-state index in [0.717, 1.165) is 19.1 Å². The van der Waals surface area contributed by atoms with Gasteiger partial charge < -0.3 is 10.1 Å². The number of ether oxygens (including phenoxy) is 1. The van der Waals surface area contributed by atoms with Crippen LogP contribution >= 0.6 is 0 Å². The quantitative estimate of drug-likeness (QED) is 0.735. The summed E-state index contributed by atoms with van der Waals surface area (Å²) >= 11 is 0. The Balaban J connectivity index is 2.41. The van der Waals surface area contributed by atoms with E-state index in [-0.39, 0.29) is 0 Å². The zero-order valence-corrected chi connectivity index (χ0v) is 12.4. The van der Waals surface area contributed by atoms with Crippen molar-refractivity contribution in [2.45, 2.75) is 72.4 Å². The molecule has 1 N–H and O–H groups in total. The number of hydrogen-bond donors (Lipinski definition) is 1. The summed E-state index contributed by atoms with van der Waals surface area (Å²) < 4.78 is 6.10. The lowest BCUT2D eigenvalue weighted by Gasteiger charge is -2.31. The van der Waals surface area contributed by atoms with Gasteiger partial charge in [-0.2, -0.15) is 0 Å². The summed E-state index contributed by atoms with van der Waals surface area (Å²) in [6.07, 6.45) is 5.30. The van der Waals surface area contributed by atoms with E-state index in [9.17, 15) is 0 Å². The van der Waals surface area contributed by atoms with Gasteiger partial charge in [0.05, 0.1) is 6.10 Å². The van der Waals surface area contributed by atoms with Gasteiger partial charge in [-0.1, -0.05) is 34.6 Å². The minimum atomic E-state index is 0.387. The van der Waals surface area contributed by atoms with Crippen LogP contribution in [-0.4, -0.2) is 25.3 Å². The van der Waals surface area contributed by atoms with Crippen molar-refractivity contribution in [1.29, 1.82) is 0 Å². The largest absolute Gasteiger partial charge is 0.377 e. The Bertz CT molecular complexity index is 213. The third-order valence-corrected chi connectivity index (χ3v) is 3.93. The summed E-state index contributed by atoms with van der Waals surface area (Å²) in [5.41, 5.74) is 0.387. The van der Waals surface area contributed by atoms with Crippen LogP contribution in [0.25, 0.3) is 0 Å². The normalized spacial score (nSPS) is 27.9. The molecule has 2 heteroatoms. The lowest BCUT2D eigenvalue weighted by Crippen LogP contribution is -2.46. The van der Waals surface area contributed by atoms with Crippen LogP contribution in [0.1, 0.15) is 60.3 Å². The lowest BCUT2D eigenvalue weighted by molar-refractivity contribution is 0.0215. The third-order valence-electron chi connectivity index (χ3n) is 3.93. The zero-order valence-electron chi connectivity index (χ0n) is 12.4. The molecule has 1 rings (SSSR count). The summed E-state index contributed by atoms with van der Waals surface area (Å²) in [6, 6.07) is 0.537. The molecule has 0 aromatic rings. The number of rotatable bonds is 7. The van der Waals surface area contributed by atoms with Gasteiger partial charge in [0, 0.05) is 12.6 Å². The second kappa shape index (κ2) is 6.75.